The molecule has 0 aliphatic rings. The number of carbonyl (C=O) groups is 2. The molecule has 0 unspecified atom stereocenters. The summed E-state index contributed by atoms with van der Waals surface area (Å²) in [5.74, 6) is -0.0526. The van der Waals surface area contributed by atoms with Gasteiger partial charge in [-0.3, -0.25) is 13.9 Å². The number of aryl methyl sites for hydroxylation is 1. The second-order valence-corrected chi connectivity index (χ2v) is 12.5. The molecule has 8 nitrogen and oxygen atoms in total. The summed E-state index contributed by atoms with van der Waals surface area (Å²) in [4.78, 5) is 28.5. The maximum absolute atomic E-state index is 14.0. The molecule has 0 saturated carbocycles. The van der Waals surface area contributed by atoms with Crippen LogP contribution in [0.25, 0.3) is 0 Å². The average Bonchev–Trinajstić information content (AvgIpc) is 2.94. The molecular weight excluding hydrogens is 562 g/mol. The van der Waals surface area contributed by atoms with Crippen LogP contribution >= 0.6 is 11.6 Å². The van der Waals surface area contributed by atoms with Crippen molar-refractivity contribution in [1.82, 2.24) is 10.2 Å². The lowest BCUT2D eigenvalue weighted by molar-refractivity contribution is -0.139. The van der Waals surface area contributed by atoms with Crippen LogP contribution in [0.4, 0.5) is 5.69 Å². The lowest BCUT2D eigenvalue weighted by atomic mass is 10.1. The lowest BCUT2D eigenvalue weighted by Crippen LogP contribution is -2.51. The first-order chi connectivity index (χ1) is 19.4. The van der Waals surface area contributed by atoms with E-state index in [4.69, 9.17) is 16.3 Å². The number of hydrogen-bond acceptors (Lipinski definition) is 5. The van der Waals surface area contributed by atoms with Crippen molar-refractivity contribution in [3.05, 3.63) is 88.9 Å². The highest BCUT2D eigenvalue weighted by molar-refractivity contribution is 7.92. The van der Waals surface area contributed by atoms with Crippen molar-refractivity contribution in [1.29, 1.82) is 0 Å². The maximum Gasteiger partial charge on any atom is 0.264 e. The summed E-state index contributed by atoms with van der Waals surface area (Å²) in [5.41, 5.74) is 1.95. The number of benzene rings is 3. The number of carbonyl (C=O) groups excluding carboxylic acids is 2. The van der Waals surface area contributed by atoms with Gasteiger partial charge in [0.05, 0.1) is 17.2 Å². The predicted molar refractivity (Wildman–Crippen MR) is 163 cm³/mol. The third kappa shape index (κ3) is 8.71. The zero-order valence-corrected chi connectivity index (χ0v) is 25.7. The number of rotatable bonds is 13. The van der Waals surface area contributed by atoms with E-state index in [2.05, 4.69) is 5.32 Å². The molecule has 1 N–H and O–H groups in total. The normalized spacial score (nSPS) is 12.1. The maximum atomic E-state index is 14.0. The van der Waals surface area contributed by atoms with Gasteiger partial charge in [0.1, 0.15) is 18.3 Å². The zero-order valence-electron chi connectivity index (χ0n) is 24.1. The van der Waals surface area contributed by atoms with Crippen molar-refractivity contribution < 1.29 is 22.7 Å². The van der Waals surface area contributed by atoms with E-state index in [1.54, 1.807) is 67.6 Å². The molecular formula is C31H38ClN3O5S. The Labute approximate surface area is 248 Å². The van der Waals surface area contributed by atoms with Crippen LogP contribution in [0.3, 0.4) is 0 Å². The molecule has 0 aliphatic heterocycles. The zero-order chi connectivity index (χ0) is 30.2. The summed E-state index contributed by atoms with van der Waals surface area (Å²) in [7, 11) is -4.14. The molecule has 0 bridgehead atoms. The Kier molecular flexibility index (Phi) is 11.2. The van der Waals surface area contributed by atoms with Crippen LogP contribution in [-0.2, 0) is 26.2 Å². The molecule has 0 fully saturated rings. The highest BCUT2D eigenvalue weighted by atomic mass is 35.5. The fourth-order valence-corrected chi connectivity index (χ4v) is 5.60. The highest BCUT2D eigenvalue weighted by Gasteiger charge is 2.32. The van der Waals surface area contributed by atoms with Crippen LogP contribution < -0.4 is 14.4 Å². The second kappa shape index (κ2) is 14.4. The number of sulfonamides is 1. The number of anilines is 1. The predicted octanol–water partition coefficient (Wildman–Crippen LogP) is 5.43. The molecule has 1 atom stereocenters. The van der Waals surface area contributed by atoms with E-state index in [-0.39, 0.29) is 23.3 Å². The Morgan fingerprint density at radius 3 is 2.10 bits per heavy atom. The number of nitrogens with zero attached hydrogens (tertiary/aromatic N) is 2. The Bertz CT molecular complexity index is 1410. The summed E-state index contributed by atoms with van der Waals surface area (Å²) in [6, 6.07) is 19.1. The number of halogens is 1. The van der Waals surface area contributed by atoms with Gasteiger partial charge in [0.25, 0.3) is 10.0 Å². The van der Waals surface area contributed by atoms with E-state index < -0.39 is 28.5 Å². The van der Waals surface area contributed by atoms with Gasteiger partial charge in [-0.25, -0.2) is 8.42 Å². The van der Waals surface area contributed by atoms with Crippen LogP contribution in [0.5, 0.6) is 5.75 Å². The van der Waals surface area contributed by atoms with Crippen molar-refractivity contribution >= 4 is 39.1 Å². The van der Waals surface area contributed by atoms with E-state index in [1.807, 2.05) is 27.7 Å². The van der Waals surface area contributed by atoms with E-state index in [1.165, 1.54) is 17.0 Å². The molecule has 41 heavy (non-hydrogen) atoms. The molecule has 10 heteroatoms. The summed E-state index contributed by atoms with van der Waals surface area (Å²) in [5, 5.41) is 3.42. The minimum atomic E-state index is -4.14. The molecule has 0 radical (unpaired) electrons. The van der Waals surface area contributed by atoms with Gasteiger partial charge in [0.2, 0.25) is 11.8 Å². The molecule has 0 aromatic heterocycles. The third-order valence-electron chi connectivity index (χ3n) is 6.44. The van der Waals surface area contributed by atoms with Crippen molar-refractivity contribution in [2.45, 2.75) is 52.1 Å². The summed E-state index contributed by atoms with van der Waals surface area (Å²) >= 11 is 6.05. The molecule has 2 amide bonds. The Morgan fingerprint density at radius 2 is 1.54 bits per heavy atom. The molecule has 3 aromatic carbocycles. The highest BCUT2D eigenvalue weighted by Crippen LogP contribution is 2.27. The Hall–Kier alpha value is -3.56. The van der Waals surface area contributed by atoms with Gasteiger partial charge in [0.15, 0.2) is 0 Å². The number of hydrogen-bond donors (Lipinski definition) is 1. The first-order valence-corrected chi connectivity index (χ1v) is 15.4. The average molecular weight is 600 g/mol. The molecule has 220 valence electrons. The fourth-order valence-electron chi connectivity index (χ4n) is 4.06. The number of nitrogens with one attached hydrogen (secondary N) is 1. The Morgan fingerprint density at radius 1 is 0.927 bits per heavy atom. The molecule has 3 rings (SSSR count). The van der Waals surface area contributed by atoms with Crippen molar-refractivity contribution in [2.75, 3.05) is 24.0 Å². The molecule has 3 aromatic rings. The molecule has 0 saturated heterocycles. The van der Waals surface area contributed by atoms with Crippen molar-refractivity contribution in [3.63, 3.8) is 0 Å². The van der Waals surface area contributed by atoms with Crippen molar-refractivity contribution in [3.8, 4) is 5.75 Å². The van der Waals surface area contributed by atoms with Crippen LogP contribution in [0, 0.1) is 12.8 Å². The van der Waals surface area contributed by atoms with Crippen LogP contribution in [0.2, 0.25) is 5.02 Å². The van der Waals surface area contributed by atoms with Gasteiger partial charge in [-0.1, -0.05) is 55.3 Å². The number of amides is 2. The first-order valence-electron chi connectivity index (χ1n) is 13.6. The largest absolute Gasteiger partial charge is 0.494 e. The van der Waals surface area contributed by atoms with Gasteiger partial charge in [-0.15, -0.1) is 0 Å². The van der Waals surface area contributed by atoms with Gasteiger partial charge in [0, 0.05) is 18.1 Å². The summed E-state index contributed by atoms with van der Waals surface area (Å²) in [6.45, 7) is 9.80. The van der Waals surface area contributed by atoms with E-state index in [0.29, 0.717) is 29.6 Å². The van der Waals surface area contributed by atoms with Crippen LogP contribution in [-0.4, -0.2) is 50.9 Å². The summed E-state index contributed by atoms with van der Waals surface area (Å²) in [6.07, 6.45) is 0. The van der Waals surface area contributed by atoms with Gasteiger partial charge >= 0.3 is 0 Å². The summed E-state index contributed by atoms with van der Waals surface area (Å²) < 4.78 is 34.4. The van der Waals surface area contributed by atoms with Crippen LogP contribution in [0.15, 0.2) is 77.7 Å². The minimum Gasteiger partial charge on any atom is -0.494 e. The van der Waals surface area contributed by atoms with E-state index >= 15 is 0 Å². The Balaban J connectivity index is 2.01. The quantitative estimate of drug-likeness (QED) is 0.283. The molecule has 0 spiro atoms. The topological polar surface area (TPSA) is 96.0 Å². The van der Waals surface area contributed by atoms with Crippen LogP contribution in [0.1, 0.15) is 38.8 Å². The molecule has 0 heterocycles. The van der Waals surface area contributed by atoms with Gasteiger partial charge < -0.3 is 15.0 Å². The van der Waals surface area contributed by atoms with E-state index in [9.17, 15) is 18.0 Å². The minimum absolute atomic E-state index is 0.0526. The lowest BCUT2D eigenvalue weighted by Gasteiger charge is -2.32. The first kappa shape index (κ1) is 32.0. The smallest absolute Gasteiger partial charge is 0.264 e. The second-order valence-electron chi connectivity index (χ2n) is 10.2. The third-order valence-corrected chi connectivity index (χ3v) is 8.48. The fraction of sp³-hybridized carbons (Fsp3) is 0.355. The SMILES string of the molecule is CCOc1ccc(N(CC(=O)N(Cc2ccc(Cl)cc2)[C@H](C)C(=O)NCC(C)C)S(=O)(=O)c2ccc(C)cc2)cc1. The number of ether oxygens (including phenoxy) is 1. The standard InChI is InChI=1S/C31H38ClN3O5S/c1-6-40-28-15-13-27(14-16-28)35(41(38,39)29-17-7-23(4)8-18-29)21-30(36)34(20-25-9-11-26(32)12-10-25)24(5)31(37)33-19-22(2)3/h7-18,22,24H,6,19-21H2,1-5H3,(H,33,37)/t24-/m1/s1. The van der Waals surface area contributed by atoms with Gasteiger partial charge in [-0.05, 0) is 80.8 Å². The van der Waals surface area contributed by atoms with Crippen molar-refractivity contribution in [2.24, 2.45) is 5.92 Å². The van der Waals surface area contributed by atoms with Gasteiger partial charge in [-0.2, -0.15) is 0 Å². The monoisotopic (exact) mass is 599 g/mol. The molecule has 0 aliphatic carbocycles. The van der Waals surface area contributed by atoms with E-state index in [0.717, 1.165) is 15.4 Å².